The zero-order valence-electron chi connectivity index (χ0n) is 4.36. The Morgan fingerprint density at radius 3 is 1.30 bits per heavy atom. The molecule has 0 saturated heterocycles. The molecular weight excluding hydrogens is 163 g/mol. The third kappa shape index (κ3) is 1.54. The van der Waals surface area contributed by atoms with Crippen molar-refractivity contribution in [2.45, 2.75) is 18.4 Å². The van der Waals surface area contributed by atoms with Crippen LogP contribution in [0.3, 0.4) is 0 Å². The van der Waals surface area contributed by atoms with Gasteiger partial charge in [0.15, 0.2) is 0 Å². The second-order valence-electron chi connectivity index (χ2n) is 1.51. The minimum atomic E-state index is -5.45. The van der Waals surface area contributed by atoms with Crippen molar-refractivity contribution in [3.8, 4) is 0 Å². The molecule has 2 N–H and O–H groups in total. The molecule has 0 amide bonds. The van der Waals surface area contributed by atoms with E-state index >= 15 is 0 Å². The fraction of sp³-hybridized carbons (Fsp3) is 1.00. The van der Waals surface area contributed by atoms with Crippen LogP contribution in [0.1, 0.15) is 0 Å². The quantitative estimate of drug-likeness (QED) is 0.463. The Kier molecular flexibility index (Phi) is 2.21. The lowest BCUT2D eigenvalue weighted by Crippen LogP contribution is -2.49. The van der Waals surface area contributed by atoms with E-state index < -0.39 is 18.4 Å². The molecule has 0 aromatic rings. The summed E-state index contributed by atoms with van der Waals surface area (Å²) in [4.78, 5) is 0. The predicted octanol–water partition coefficient (Wildman–Crippen LogP) is 0.495. The fourth-order valence-electron chi connectivity index (χ4n) is 0.139. The first-order chi connectivity index (χ1) is 4.19. The van der Waals surface area contributed by atoms with E-state index in [0.29, 0.717) is 0 Å². The van der Waals surface area contributed by atoms with E-state index in [4.69, 9.17) is 10.2 Å². The maximum absolute atomic E-state index is 11.4. The molecule has 0 spiro atoms. The van der Waals surface area contributed by atoms with Crippen molar-refractivity contribution in [1.82, 2.24) is 0 Å². The summed E-state index contributed by atoms with van der Waals surface area (Å²) in [5.74, 6) is -5.45. The maximum atomic E-state index is 11.4. The number of aliphatic hydroxyl groups is 2. The van der Waals surface area contributed by atoms with E-state index in [1.165, 1.54) is 0 Å². The van der Waals surface area contributed by atoms with Crippen molar-refractivity contribution in [3.05, 3.63) is 0 Å². The summed E-state index contributed by atoms with van der Waals surface area (Å²) in [5.41, 5.74) is 0. The van der Waals surface area contributed by atoms with Gasteiger partial charge >= 0.3 is 18.4 Å². The summed E-state index contributed by atoms with van der Waals surface area (Å²) in [6, 6.07) is -5.17. The average molecular weight is 166 g/mol. The Morgan fingerprint density at radius 1 is 1.00 bits per heavy atom. The Hall–Kier alpha value is -0.430. The molecule has 62 valence electrons. The van der Waals surface area contributed by atoms with Gasteiger partial charge in [-0.3, -0.25) is 0 Å². The number of rotatable bonds is 2. The molecule has 10 heavy (non-hydrogen) atoms. The van der Waals surface area contributed by atoms with Crippen LogP contribution in [-0.2, 0) is 0 Å². The van der Waals surface area contributed by atoms with E-state index in [-0.39, 0.29) is 0 Å². The molecule has 0 atom stereocenters. The smallest absolute Gasteiger partial charge is 0.335 e. The van der Waals surface area contributed by atoms with Gasteiger partial charge in [0.05, 0.1) is 0 Å². The highest BCUT2D eigenvalue weighted by molar-refractivity contribution is 4.76. The van der Waals surface area contributed by atoms with Crippen LogP contribution in [0.25, 0.3) is 0 Å². The number of alkyl halides is 5. The Bertz CT molecular complexity index is 117. The summed E-state index contributed by atoms with van der Waals surface area (Å²) in [5, 5.41) is 14.7. The van der Waals surface area contributed by atoms with Gasteiger partial charge in [-0.05, 0) is 0 Å². The van der Waals surface area contributed by atoms with Crippen LogP contribution in [0.15, 0.2) is 0 Å². The lowest BCUT2D eigenvalue weighted by Gasteiger charge is -2.21. The lowest BCUT2D eigenvalue weighted by atomic mass is 10.3. The zero-order chi connectivity index (χ0) is 8.58. The van der Waals surface area contributed by atoms with Crippen molar-refractivity contribution < 1.29 is 32.2 Å². The molecule has 0 radical (unpaired) electrons. The van der Waals surface area contributed by atoms with Gasteiger partial charge in [-0.2, -0.15) is 13.2 Å². The summed E-state index contributed by atoms with van der Waals surface area (Å²) < 4.78 is 56.2. The predicted molar refractivity (Wildman–Crippen MR) is 19.2 cm³/mol. The second-order valence-corrected chi connectivity index (χ2v) is 1.51. The Morgan fingerprint density at radius 2 is 1.30 bits per heavy atom. The van der Waals surface area contributed by atoms with Crippen molar-refractivity contribution in [2.75, 3.05) is 0 Å². The van der Waals surface area contributed by atoms with Gasteiger partial charge in [-0.1, -0.05) is 0 Å². The summed E-state index contributed by atoms with van der Waals surface area (Å²) in [6.45, 7) is 0. The number of halogens is 5. The molecule has 0 aliphatic carbocycles. The first-order valence-electron chi connectivity index (χ1n) is 1.99. The highest BCUT2D eigenvalue weighted by Gasteiger charge is 2.60. The topological polar surface area (TPSA) is 40.5 Å². The first-order valence-corrected chi connectivity index (χ1v) is 1.99. The number of hydrogen-bond donors (Lipinski definition) is 2. The van der Waals surface area contributed by atoms with E-state index in [2.05, 4.69) is 0 Å². The van der Waals surface area contributed by atoms with Crippen LogP contribution < -0.4 is 0 Å². The largest absolute Gasteiger partial charge is 0.390 e. The van der Waals surface area contributed by atoms with Gasteiger partial charge < -0.3 is 10.2 Å². The fourth-order valence-corrected chi connectivity index (χ4v) is 0.139. The van der Waals surface area contributed by atoms with Crippen LogP contribution in [-0.4, -0.2) is 28.6 Å². The zero-order valence-corrected chi connectivity index (χ0v) is 4.36. The summed E-state index contributed by atoms with van der Waals surface area (Å²) >= 11 is 0. The monoisotopic (exact) mass is 166 g/mol. The third-order valence-electron chi connectivity index (χ3n) is 0.698. The molecule has 0 aliphatic rings. The van der Waals surface area contributed by atoms with Crippen molar-refractivity contribution in [3.63, 3.8) is 0 Å². The Labute approximate surface area is 51.9 Å². The van der Waals surface area contributed by atoms with E-state index in [1.807, 2.05) is 0 Å². The normalized spacial score (nSPS) is 14.4. The molecule has 0 aliphatic heterocycles. The minimum Gasteiger partial charge on any atom is -0.335 e. The Balaban J connectivity index is 4.40. The highest BCUT2D eigenvalue weighted by atomic mass is 19.3. The standard InChI is InChI=1S/C3H3F5O2/c4-1(5)2(6,7)3(8,9)10/h1,9-10H. The number of hydrogen-bond acceptors (Lipinski definition) is 2. The molecule has 2 nitrogen and oxygen atoms in total. The maximum Gasteiger partial charge on any atom is 0.390 e. The van der Waals surface area contributed by atoms with Crippen LogP contribution in [0.4, 0.5) is 22.0 Å². The molecule has 0 bridgehead atoms. The molecule has 0 saturated carbocycles. The van der Waals surface area contributed by atoms with Crippen molar-refractivity contribution in [1.29, 1.82) is 0 Å². The molecule has 0 aromatic heterocycles. The highest BCUT2D eigenvalue weighted by Crippen LogP contribution is 2.33. The molecule has 0 unspecified atom stereocenters. The molecule has 0 aromatic carbocycles. The molecule has 0 rings (SSSR count). The van der Waals surface area contributed by atoms with Gasteiger partial charge in [0, 0.05) is 0 Å². The molecule has 0 heterocycles. The van der Waals surface area contributed by atoms with Crippen molar-refractivity contribution >= 4 is 0 Å². The van der Waals surface area contributed by atoms with Gasteiger partial charge in [0.25, 0.3) is 0 Å². The van der Waals surface area contributed by atoms with Gasteiger partial charge in [-0.15, -0.1) is 0 Å². The van der Waals surface area contributed by atoms with E-state index in [9.17, 15) is 22.0 Å². The molecular formula is C3H3F5O2. The molecule has 7 heteroatoms. The SMILES string of the molecule is OC(O)(F)C(F)(F)C(F)F. The lowest BCUT2D eigenvalue weighted by molar-refractivity contribution is -0.391. The van der Waals surface area contributed by atoms with Gasteiger partial charge in [0.1, 0.15) is 0 Å². The second kappa shape index (κ2) is 2.31. The van der Waals surface area contributed by atoms with Crippen LogP contribution in [0.5, 0.6) is 0 Å². The third-order valence-corrected chi connectivity index (χ3v) is 0.698. The molecule has 0 fully saturated rings. The first kappa shape index (κ1) is 9.57. The van der Waals surface area contributed by atoms with Crippen molar-refractivity contribution in [2.24, 2.45) is 0 Å². The van der Waals surface area contributed by atoms with Crippen LogP contribution >= 0.6 is 0 Å². The van der Waals surface area contributed by atoms with Gasteiger partial charge in [0.2, 0.25) is 0 Å². The van der Waals surface area contributed by atoms with Crippen LogP contribution in [0.2, 0.25) is 0 Å². The van der Waals surface area contributed by atoms with Crippen LogP contribution in [0, 0.1) is 0 Å². The minimum absolute atomic E-state index is 4.45. The summed E-state index contributed by atoms with van der Waals surface area (Å²) in [6.07, 6.45) is -4.45. The van der Waals surface area contributed by atoms with E-state index in [1.54, 1.807) is 0 Å². The summed E-state index contributed by atoms with van der Waals surface area (Å²) in [7, 11) is 0. The average Bonchev–Trinajstić information content (AvgIpc) is 1.62. The van der Waals surface area contributed by atoms with Gasteiger partial charge in [-0.25, -0.2) is 8.78 Å². The van der Waals surface area contributed by atoms with E-state index in [0.717, 1.165) is 0 Å².